The number of unbranched alkanes of at least 4 members (excludes halogenated alkanes) is 4. The molecule has 0 unspecified atom stereocenters. The van der Waals surface area contributed by atoms with E-state index in [0.717, 1.165) is 47.4 Å². The second-order valence-corrected chi connectivity index (χ2v) is 19.4. The number of nitrogens with two attached hydrogens (primary N) is 2. The Bertz CT molecular complexity index is 2620. The number of halogens is 1. The smallest absolute Gasteiger partial charge is 0.246 e. The number of anilines is 3. The average molecular weight is 951 g/mol. The number of pyridine rings is 2. The Labute approximate surface area is 400 Å². The zero-order valence-electron chi connectivity index (χ0n) is 39.4. The first-order chi connectivity index (χ1) is 32.4. The predicted molar refractivity (Wildman–Crippen MR) is 263 cm³/mol. The van der Waals surface area contributed by atoms with Gasteiger partial charge >= 0.3 is 0 Å². The van der Waals surface area contributed by atoms with Gasteiger partial charge in [0, 0.05) is 74.2 Å². The Kier molecular flexibility index (Phi) is 17.2. The summed E-state index contributed by atoms with van der Waals surface area (Å²) in [5.74, 6) is -1.84. The zero-order valence-corrected chi connectivity index (χ0v) is 40.2. The number of aliphatic hydroxyl groups is 1. The molecule has 1 aliphatic heterocycles. The summed E-state index contributed by atoms with van der Waals surface area (Å²) in [6, 6.07) is 9.33. The first-order valence-corrected chi connectivity index (χ1v) is 24.0. The Hall–Kier alpha value is -6.53. The standard InChI is InChI=1S/C50H63FN10O6S/c1-29-36(24-54-26-38(29)52)35-20-33-21-40(56-25-37(33)45(53)44(35)51)59-42(64)14-11-13-41(63)55-19-10-8-6-7-9-12-43(65)60-47(50(3,4)5)49(67)61-27-34(62)22-39(61)48(66)57-23-31-15-17-32(18-16-31)46-30(2)58-28-68-46/h15-18,20-21,24-26,28,34,39,47,62H,6-14,19,22-23,27,52-53H2,1-5H3,(H,55,63)(H,57,66)(H,60,65)(H,56,59,64)/t34-,39+,47-/m1/s1. The van der Waals surface area contributed by atoms with Crippen molar-refractivity contribution in [2.75, 3.05) is 29.9 Å². The van der Waals surface area contributed by atoms with Crippen molar-refractivity contribution in [1.82, 2.24) is 35.8 Å². The van der Waals surface area contributed by atoms with Gasteiger partial charge in [0.05, 0.1) is 39.8 Å². The number of benzene rings is 2. The van der Waals surface area contributed by atoms with E-state index in [1.54, 1.807) is 30.4 Å². The molecule has 0 saturated carbocycles. The van der Waals surface area contributed by atoms with Crippen LogP contribution in [-0.2, 0) is 30.5 Å². The molecule has 1 saturated heterocycles. The first kappa shape index (κ1) is 50.9. The Morgan fingerprint density at radius 1 is 0.868 bits per heavy atom. The second kappa shape index (κ2) is 23.0. The number of fused-ring (bicyclic) bond motifs is 1. The van der Waals surface area contributed by atoms with E-state index in [9.17, 15) is 29.1 Å². The normalized spacial score (nSPS) is 15.2. The van der Waals surface area contributed by atoms with Gasteiger partial charge in [0.25, 0.3) is 0 Å². The SMILES string of the molecule is Cc1ncsc1-c1ccc(CNC(=O)[C@@H]2C[C@@H](O)CN2C(=O)[C@@H](NC(=O)CCCCCCCNC(=O)CCCC(=O)Nc2cc3cc(-c4cncc(N)c4C)c(F)c(N)c3cn2)C(C)(C)C)cc1. The number of likely N-dealkylation sites (tertiary alicyclic amines) is 1. The van der Waals surface area contributed by atoms with Crippen molar-refractivity contribution in [3.63, 3.8) is 0 Å². The number of β-amino-alcohol motifs (C(OH)–C–C–N with tert-alkyl or cyclic N) is 1. The topological polar surface area (TPSA) is 248 Å². The lowest BCUT2D eigenvalue weighted by Gasteiger charge is -2.35. The summed E-state index contributed by atoms with van der Waals surface area (Å²) in [7, 11) is 0. The Balaban J connectivity index is 0.855. The lowest BCUT2D eigenvalue weighted by molar-refractivity contribution is -0.144. The Morgan fingerprint density at radius 2 is 1.57 bits per heavy atom. The van der Waals surface area contributed by atoms with Gasteiger partial charge in [-0.3, -0.25) is 29.0 Å². The molecule has 1 fully saturated rings. The third-order valence-electron chi connectivity index (χ3n) is 12.2. The van der Waals surface area contributed by atoms with Crippen LogP contribution in [0.25, 0.3) is 32.3 Å². The van der Waals surface area contributed by atoms with Gasteiger partial charge in [-0.1, -0.05) is 64.3 Å². The minimum absolute atomic E-state index is 0.000159. The fourth-order valence-corrected chi connectivity index (χ4v) is 9.07. The molecule has 68 heavy (non-hydrogen) atoms. The number of rotatable bonds is 20. The van der Waals surface area contributed by atoms with Crippen LogP contribution in [-0.4, -0.2) is 85.8 Å². The lowest BCUT2D eigenvalue weighted by Crippen LogP contribution is -2.57. The van der Waals surface area contributed by atoms with Gasteiger partial charge in [-0.05, 0) is 72.7 Å². The van der Waals surface area contributed by atoms with Crippen molar-refractivity contribution in [2.45, 2.75) is 124 Å². The van der Waals surface area contributed by atoms with Gasteiger partial charge < -0.3 is 42.7 Å². The number of aromatic nitrogens is 3. The van der Waals surface area contributed by atoms with Crippen LogP contribution in [0.2, 0.25) is 0 Å². The van der Waals surface area contributed by atoms with E-state index in [-0.39, 0.29) is 79.5 Å². The summed E-state index contributed by atoms with van der Waals surface area (Å²) in [4.78, 5) is 80.8. The van der Waals surface area contributed by atoms with Crippen molar-refractivity contribution in [2.24, 2.45) is 5.41 Å². The molecule has 0 bridgehead atoms. The number of aliphatic hydroxyl groups excluding tert-OH is 1. The summed E-state index contributed by atoms with van der Waals surface area (Å²) >= 11 is 1.57. The van der Waals surface area contributed by atoms with Crippen LogP contribution in [0.3, 0.4) is 0 Å². The molecular weight excluding hydrogens is 888 g/mol. The van der Waals surface area contributed by atoms with Crippen LogP contribution in [0.15, 0.2) is 60.5 Å². The fraction of sp³-hybridized carbons (Fsp3) is 0.440. The van der Waals surface area contributed by atoms with E-state index in [1.807, 2.05) is 57.5 Å². The summed E-state index contributed by atoms with van der Waals surface area (Å²) in [5.41, 5.74) is 17.9. The molecule has 3 aromatic heterocycles. The van der Waals surface area contributed by atoms with Gasteiger partial charge in [0.15, 0.2) is 5.82 Å². The van der Waals surface area contributed by atoms with Gasteiger partial charge in [-0.2, -0.15) is 0 Å². The number of nitrogen functional groups attached to an aromatic ring is 2. The number of nitrogens with one attached hydrogen (secondary N) is 4. The van der Waals surface area contributed by atoms with Gasteiger partial charge in [-0.25, -0.2) is 14.4 Å². The maximum atomic E-state index is 15.3. The number of hydrogen-bond donors (Lipinski definition) is 7. The predicted octanol–water partition coefficient (Wildman–Crippen LogP) is 6.72. The molecule has 4 heterocycles. The molecule has 0 aliphatic carbocycles. The summed E-state index contributed by atoms with van der Waals surface area (Å²) in [5, 5.41) is 23.0. The Morgan fingerprint density at radius 3 is 2.29 bits per heavy atom. The summed E-state index contributed by atoms with van der Waals surface area (Å²) in [6.45, 7) is 10.1. The molecule has 5 amide bonds. The van der Waals surface area contributed by atoms with Crippen molar-refractivity contribution in [3.05, 3.63) is 83.1 Å². The van der Waals surface area contributed by atoms with E-state index in [2.05, 4.69) is 36.2 Å². The van der Waals surface area contributed by atoms with Crippen LogP contribution in [0.4, 0.5) is 21.6 Å². The number of amides is 5. The molecule has 362 valence electrons. The monoisotopic (exact) mass is 950 g/mol. The van der Waals surface area contributed by atoms with Crippen LogP contribution < -0.4 is 32.7 Å². The van der Waals surface area contributed by atoms with Crippen molar-refractivity contribution < 1.29 is 33.5 Å². The van der Waals surface area contributed by atoms with Crippen LogP contribution >= 0.6 is 11.3 Å². The molecule has 18 heteroatoms. The van der Waals surface area contributed by atoms with Crippen LogP contribution in [0.5, 0.6) is 0 Å². The number of nitrogens with zero attached hydrogens (tertiary/aromatic N) is 4. The first-order valence-electron chi connectivity index (χ1n) is 23.1. The van der Waals surface area contributed by atoms with E-state index >= 15 is 4.39 Å². The second-order valence-electron chi connectivity index (χ2n) is 18.6. The highest BCUT2D eigenvalue weighted by molar-refractivity contribution is 7.13. The lowest BCUT2D eigenvalue weighted by atomic mass is 9.85. The highest BCUT2D eigenvalue weighted by Gasteiger charge is 2.44. The minimum atomic E-state index is -0.898. The molecule has 2 aromatic carbocycles. The molecule has 6 rings (SSSR count). The van der Waals surface area contributed by atoms with Crippen molar-refractivity contribution in [1.29, 1.82) is 0 Å². The average Bonchev–Trinajstić information content (AvgIpc) is 3.92. The number of aryl methyl sites for hydroxylation is 1. The van der Waals surface area contributed by atoms with Crippen molar-refractivity contribution >= 4 is 68.8 Å². The number of carbonyl (C=O) groups is 5. The van der Waals surface area contributed by atoms with E-state index < -0.39 is 35.3 Å². The highest BCUT2D eigenvalue weighted by atomic mass is 32.1. The summed E-state index contributed by atoms with van der Waals surface area (Å²) < 4.78 is 15.3. The maximum absolute atomic E-state index is 15.3. The third-order valence-corrected chi connectivity index (χ3v) is 13.2. The number of carbonyl (C=O) groups excluding carboxylic acids is 5. The quantitative estimate of drug-likeness (QED) is 0.0319. The molecule has 1 aliphatic rings. The van der Waals surface area contributed by atoms with E-state index in [0.29, 0.717) is 47.0 Å². The molecule has 0 radical (unpaired) electrons. The van der Waals surface area contributed by atoms with E-state index in [1.165, 1.54) is 23.5 Å². The largest absolute Gasteiger partial charge is 0.397 e. The number of thiazole rings is 1. The zero-order chi connectivity index (χ0) is 49.1. The fourth-order valence-electron chi connectivity index (χ4n) is 8.26. The third kappa shape index (κ3) is 13.1. The summed E-state index contributed by atoms with van der Waals surface area (Å²) in [6.07, 6.45) is 8.37. The molecular formula is C50H63FN10O6S. The molecule has 3 atom stereocenters. The van der Waals surface area contributed by atoms with E-state index in [4.69, 9.17) is 11.5 Å². The molecule has 0 spiro atoms. The van der Waals surface area contributed by atoms with Gasteiger partial charge in [0.2, 0.25) is 29.5 Å². The van der Waals surface area contributed by atoms with Crippen LogP contribution in [0, 0.1) is 25.1 Å². The minimum Gasteiger partial charge on any atom is -0.397 e. The van der Waals surface area contributed by atoms with Gasteiger partial charge in [-0.15, -0.1) is 11.3 Å². The number of hydrogen-bond acceptors (Lipinski definition) is 12. The molecule has 5 aromatic rings. The molecule has 9 N–H and O–H groups in total. The van der Waals surface area contributed by atoms with Gasteiger partial charge in [0.1, 0.15) is 17.9 Å². The maximum Gasteiger partial charge on any atom is 0.246 e. The molecule has 16 nitrogen and oxygen atoms in total. The van der Waals surface area contributed by atoms with Crippen molar-refractivity contribution in [3.8, 4) is 21.6 Å². The van der Waals surface area contributed by atoms with Crippen LogP contribution in [0.1, 0.15) is 102 Å². The highest BCUT2D eigenvalue weighted by Crippen LogP contribution is 2.36.